The molecule has 0 radical (unpaired) electrons. The van der Waals surface area contributed by atoms with Crippen molar-refractivity contribution in [1.82, 2.24) is 9.55 Å². The third-order valence-corrected chi connectivity index (χ3v) is 2.55. The maximum Gasteiger partial charge on any atom is 0.362 e. The molecule has 0 saturated carbocycles. The second-order valence-corrected chi connectivity index (χ2v) is 3.66. The van der Waals surface area contributed by atoms with Crippen LogP contribution in [-0.4, -0.2) is 39.2 Å². The number of aromatic nitrogens is 2. The molecule has 0 bridgehead atoms. The first kappa shape index (κ1) is 11.6. The van der Waals surface area contributed by atoms with Gasteiger partial charge in [0.1, 0.15) is 11.9 Å². The lowest BCUT2D eigenvalue weighted by atomic mass is 10.1. The number of rotatable bonds is 3. The zero-order valence-electron chi connectivity index (χ0n) is 9.26. The summed E-state index contributed by atoms with van der Waals surface area (Å²) < 4.78 is 19.5. The quantitative estimate of drug-likeness (QED) is 0.362. The third kappa shape index (κ3) is 2.00. The Hall–Kier alpha value is -1.92. The van der Waals surface area contributed by atoms with E-state index in [1.807, 2.05) is 0 Å². The molecule has 17 heavy (non-hydrogen) atoms. The largest absolute Gasteiger partial charge is 0.461 e. The molecule has 92 valence electrons. The summed E-state index contributed by atoms with van der Waals surface area (Å²) in [6, 6.07) is 0. The summed E-state index contributed by atoms with van der Waals surface area (Å²) in [7, 11) is 0. The number of carbonyl (C=O) groups excluding carboxylic acids is 1. The minimum absolute atomic E-state index is 0.160. The lowest BCUT2D eigenvalue weighted by molar-refractivity contribution is -0.135. The van der Waals surface area contributed by atoms with Crippen LogP contribution in [0.25, 0.3) is 0 Å². The monoisotopic (exact) mass is 241 g/mol. The van der Waals surface area contributed by atoms with Crippen LogP contribution in [-0.2, 0) is 22.5 Å². The molecule has 0 aliphatic carbocycles. The average Bonchev–Trinajstić information content (AvgIpc) is 2.80. The van der Waals surface area contributed by atoms with E-state index in [4.69, 9.17) is 9.94 Å². The molecular weight excluding hydrogens is 229 g/mol. The molecule has 1 aliphatic heterocycles. The number of hydrogen-bond acceptors (Lipinski definition) is 5. The SMILES string of the molecule is CCOC(=O)/C(=N/O)c1ncn2c1C[C@@H](F)C2. The van der Waals surface area contributed by atoms with E-state index in [2.05, 4.69) is 10.1 Å². The van der Waals surface area contributed by atoms with E-state index in [-0.39, 0.29) is 31.0 Å². The van der Waals surface area contributed by atoms with E-state index in [1.165, 1.54) is 6.33 Å². The summed E-state index contributed by atoms with van der Waals surface area (Å²) in [5, 5.41) is 11.7. The maximum absolute atomic E-state index is 13.2. The second kappa shape index (κ2) is 4.52. The predicted molar refractivity (Wildman–Crippen MR) is 55.8 cm³/mol. The normalized spacial score (nSPS) is 19.2. The first-order valence-electron chi connectivity index (χ1n) is 5.25. The molecule has 1 aromatic rings. The van der Waals surface area contributed by atoms with Crippen LogP contribution in [0.15, 0.2) is 11.5 Å². The van der Waals surface area contributed by atoms with Gasteiger partial charge in [-0.1, -0.05) is 5.16 Å². The molecule has 1 N–H and O–H groups in total. The smallest absolute Gasteiger partial charge is 0.362 e. The summed E-state index contributed by atoms with van der Waals surface area (Å²) in [6.45, 7) is 2.02. The lowest BCUT2D eigenvalue weighted by Gasteiger charge is -2.03. The number of halogens is 1. The zero-order valence-corrected chi connectivity index (χ0v) is 9.26. The number of nitrogens with zero attached hydrogens (tertiary/aromatic N) is 3. The Bertz CT molecular complexity index is 469. The van der Waals surface area contributed by atoms with Crippen molar-refractivity contribution in [2.75, 3.05) is 6.61 Å². The molecule has 0 fully saturated rings. The molecule has 6 nitrogen and oxygen atoms in total. The van der Waals surface area contributed by atoms with Crippen LogP contribution in [0, 0.1) is 0 Å². The highest BCUT2D eigenvalue weighted by atomic mass is 19.1. The van der Waals surface area contributed by atoms with Gasteiger partial charge in [-0.2, -0.15) is 0 Å². The van der Waals surface area contributed by atoms with Crippen molar-refractivity contribution in [3.05, 3.63) is 17.7 Å². The van der Waals surface area contributed by atoms with Gasteiger partial charge in [-0.3, -0.25) is 0 Å². The summed E-state index contributed by atoms with van der Waals surface area (Å²) >= 11 is 0. The summed E-state index contributed by atoms with van der Waals surface area (Å²) in [4.78, 5) is 15.4. The molecule has 0 aromatic carbocycles. The lowest BCUT2D eigenvalue weighted by Crippen LogP contribution is -2.20. The molecule has 1 atom stereocenters. The van der Waals surface area contributed by atoms with Gasteiger partial charge in [0.15, 0.2) is 0 Å². The van der Waals surface area contributed by atoms with Crippen LogP contribution in [0.4, 0.5) is 4.39 Å². The van der Waals surface area contributed by atoms with Crippen molar-refractivity contribution < 1.29 is 19.1 Å². The third-order valence-electron chi connectivity index (χ3n) is 2.55. The Morgan fingerprint density at radius 2 is 2.59 bits per heavy atom. The van der Waals surface area contributed by atoms with Crippen LogP contribution in [0.1, 0.15) is 18.3 Å². The second-order valence-electron chi connectivity index (χ2n) is 3.66. The van der Waals surface area contributed by atoms with Crippen molar-refractivity contribution in [1.29, 1.82) is 0 Å². The van der Waals surface area contributed by atoms with Gasteiger partial charge in [-0.25, -0.2) is 14.2 Å². The molecule has 7 heteroatoms. The van der Waals surface area contributed by atoms with E-state index in [0.717, 1.165) is 0 Å². The van der Waals surface area contributed by atoms with Gasteiger partial charge in [0, 0.05) is 6.42 Å². The first-order valence-corrected chi connectivity index (χ1v) is 5.25. The van der Waals surface area contributed by atoms with Crippen LogP contribution < -0.4 is 0 Å². The minimum Gasteiger partial charge on any atom is -0.461 e. The fourth-order valence-corrected chi connectivity index (χ4v) is 1.85. The standard InChI is InChI=1S/C10H12FN3O3/c1-2-17-10(15)9(13-16)8-7-3-6(11)4-14(7)5-12-8/h5-6,16H,2-4H2,1H3/b13-9+/t6-/m1/s1. The van der Waals surface area contributed by atoms with Gasteiger partial charge in [-0.05, 0) is 6.92 Å². The van der Waals surface area contributed by atoms with Crippen molar-refractivity contribution in [3.63, 3.8) is 0 Å². The van der Waals surface area contributed by atoms with E-state index in [1.54, 1.807) is 11.5 Å². The number of oxime groups is 1. The fraction of sp³-hybridized carbons (Fsp3) is 0.500. The number of esters is 1. The van der Waals surface area contributed by atoms with Gasteiger partial charge in [0.2, 0.25) is 5.71 Å². The number of hydrogen-bond donors (Lipinski definition) is 1. The van der Waals surface area contributed by atoms with E-state index < -0.39 is 12.1 Å². The number of alkyl halides is 1. The van der Waals surface area contributed by atoms with Gasteiger partial charge in [0.05, 0.1) is 25.2 Å². The molecule has 0 unspecified atom stereocenters. The Kier molecular flexibility index (Phi) is 3.08. The Labute approximate surface area is 96.7 Å². The summed E-state index contributed by atoms with van der Waals surface area (Å²) in [6.07, 6.45) is 0.594. The number of carbonyl (C=O) groups is 1. The molecule has 0 saturated heterocycles. The van der Waals surface area contributed by atoms with Gasteiger partial charge < -0.3 is 14.5 Å². The molecule has 1 aliphatic rings. The van der Waals surface area contributed by atoms with Crippen LogP contribution in [0.5, 0.6) is 0 Å². The predicted octanol–water partition coefficient (Wildman–Crippen LogP) is 0.519. The van der Waals surface area contributed by atoms with Crippen molar-refractivity contribution in [2.45, 2.75) is 26.1 Å². The van der Waals surface area contributed by atoms with E-state index >= 15 is 0 Å². The molecule has 0 spiro atoms. The first-order chi connectivity index (χ1) is 8.17. The highest BCUT2D eigenvalue weighted by molar-refractivity contribution is 6.42. The van der Waals surface area contributed by atoms with Crippen molar-refractivity contribution in [2.24, 2.45) is 5.16 Å². The highest BCUT2D eigenvalue weighted by Crippen LogP contribution is 2.21. The number of ether oxygens (including phenoxy) is 1. The number of imidazole rings is 1. The van der Waals surface area contributed by atoms with Crippen molar-refractivity contribution >= 4 is 11.7 Å². The van der Waals surface area contributed by atoms with Crippen LogP contribution in [0.3, 0.4) is 0 Å². The van der Waals surface area contributed by atoms with E-state index in [0.29, 0.717) is 5.69 Å². The number of fused-ring (bicyclic) bond motifs is 1. The maximum atomic E-state index is 13.2. The minimum atomic E-state index is -0.992. The van der Waals surface area contributed by atoms with Gasteiger partial charge in [-0.15, -0.1) is 0 Å². The molecular formula is C10H12FN3O3. The highest BCUT2D eigenvalue weighted by Gasteiger charge is 2.30. The molecule has 0 amide bonds. The molecule has 2 rings (SSSR count). The van der Waals surface area contributed by atoms with E-state index in [9.17, 15) is 9.18 Å². The molecule has 2 heterocycles. The average molecular weight is 241 g/mol. The fourth-order valence-electron chi connectivity index (χ4n) is 1.85. The van der Waals surface area contributed by atoms with Crippen molar-refractivity contribution in [3.8, 4) is 0 Å². The van der Waals surface area contributed by atoms with Gasteiger partial charge in [0.25, 0.3) is 0 Å². The zero-order chi connectivity index (χ0) is 12.4. The topological polar surface area (TPSA) is 76.7 Å². The van der Waals surface area contributed by atoms with Crippen LogP contribution >= 0.6 is 0 Å². The Morgan fingerprint density at radius 3 is 3.24 bits per heavy atom. The molecule has 1 aromatic heterocycles. The Morgan fingerprint density at radius 1 is 1.82 bits per heavy atom. The summed E-state index contributed by atoms with van der Waals surface area (Å²) in [5.74, 6) is -0.765. The summed E-state index contributed by atoms with van der Waals surface area (Å²) in [5.41, 5.74) is 0.458. The van der Waals surface area contributed by atoms with Gasteiger partial charge >= 0.3 is 5.97 Å². The van der Waals surface area contributed by atoms with Crippen LogP contribution in [0.2, 0.25) is 0 Å². The Balaban J connectivity index is 2.31.